The third-order valence-corrected chi connectivity index (χ3v) is 5.62. The van der Waals surface area contributed by atoms with Crippen LogP contribution >= 0.6 is 11.6 Å². The monoisotopic (exact) mass is 319 g/mol. The smallest absolute Gasteiger partial charge is 0.227 e. The first-order valence-electron chi connectivity index (χ1n) is 8.07. The number of fused-ring (bicyclic) bond motifs is 2. The highest BCUT2D eigenvalue weighted by Gasteiger charge is 2.42. The Hall–Kier alpha value is -1.35. The van der Waals surface area contributed by atoms with Crippen molar-refractivity contribution in [3.8, 4) is 0 Å². The van der Waals surface area contributed by atoms with Crippen LogP contribution in [0.25, 0.3) is 0 Å². The minimum atomic E-state index is -0.383. The van der Waals surface area contributed by atoms with Crippen LogP contribution < -0.4 is 0 Å². The molecule has 2 bridgehead atoms. The molecule has 2 heterocycles. The number of rotatable bonds is 2. The van der Waals surface area contributed by atoms with Crippen molar-refractivity contribution in [2.24, 2.45) is 0 Å². The van der Waals surface area contributed by atoms with E-state index in [1.54, 1.807) is 23.3 Å². The summed E-state index contributed by atoms with van der Waals surface area (Å²) in [4.78, 5) is 14.7. The predicted molar refractivity (Wildman–Crippen MR) is 84.3 cm³/mol. The Morgan fingerprint density at radius 1 is 1.18 bits per heavy atom. The number of nitrogens with zero attached hydrogens (tertiary/aromatic N) is 1. The van der Waals surface area contributed by atoms with Crippen molar-refractivity contribution in [2.45, 2.75) is 57.0 Å². The topological polar surface area (TPSA) is 20.3 Å². The van der Waals surface area contributed by atoms with Gasteiger partial charge in [0.05, 0.1) is 6.42 Å². The summed E-state index contributed by atoms with van der Waals surface area (Å²) in [6, 6.07) is 5.23. The van der Waals surface area contributed by atoms with Gasteiger partial charge < -0.3 is 4.90 Å². The largest absolute Gasteiger partial charge is 0.336 e. The summed E-state index contributed by atoms with van der Waals surface area (Å²) in [6.07, 6.45) is 6.81. The lowest BCUT2D eigenvalue weighted by Gasteiger charge is -2.36. The molecule has 4 heteroatoms. The van der Waals surface area contributed by atoms with Crippen molar-refractivity contribution < 1.29 is 9.18 Å². The zero-order chi connectivity index (χ0) is 15.3. The van der Waals surface area contributed by atoms with Gasteiger partial charge in [0, 0.05) is 22.7 Å². The van der Waals surface area contributed by atoms with Gasteiger partial charge in [-0.05, 0) is 50.7 Å². The SMILES string of the molecule is O=C(Cc1c(F)cccc1Cl)N1C2CCC1CC(=C1CC1)C2. The summed E-state index contributed by atoms with van der Waals surface area (Å²) in [5, 5.41) is 0.346. The fourth-order valence-electron chi connectivity index (χ4n) is 4.07. The number of halogens is 2. The van der Waals surface area contributed by atoms with E-state index < -0.39 is 0 Å². The highest BCUT2D eigenvalue weighted by atomic mass is 35.5. The van der Waals surface area contributed by atoms with Crippen LogP contribution in [0.1, 0.15) is 44.1 Å². The van der Waals surface area contributed by atoms with Crippen LogP contribution in [0.15, 0.2) is 29.3 Å². The summed E-state index contributed by atoms with van der Waals surface area (Å²) in [5.41, 5.74) is 3.56. The quantitative estimate of drug-likeness (QED) is 0.746. The molecule has 22 heavy (non-hydrogen) atoms. The van der Waals surface area contributed by atoms with E-state index in [1.165, 1.54) is 18.9 Å². The molecule has 1 amide bonds. The lowest BCUT2D eigenvalue weighted by molar-refractivity contribution is -0.134. The van der Waals surface area contributed by atoms with E-state index in [9.17, 15) is 9.18 Å². The molecule has 1 aromatic rings. The minimum absolute atomic E-state index is 0.0272. The van der Waals surface area contributed by atoms with Gasteiger partial charge in [0.1, 0.15) is 5.82 Å². The lowest BCUT2D eigenvalue weighted by atomic mass is 9.95. The van der Waals surface area contributed by atoms with Gasteiger partial charge in [0.15, 0.2) is 0 Å². The Kier molecular flexibility index (Phi) is 3.48. The van der Waals surface area contributed by atoms with Gasteiger partial charge in [-0.2, -0.15) is 0 Å². The van der Waals surface area contributed by atoms with Crippen LogP contribution in [0, 0.1) is 5.82 Å². The van der Waals surface area contributed by atoms with E-state index in [4.69, 9.17) is 11.6 Å². The summed E-state index contributed by atoms with van der Waals surface area (Å²) in [7, 11) is 0. The number of carbonyl (C=O) groups excluding carboxylic acids is 1. The molecule has 1 saturated carbocycles. The van der Waals surface area contributed by atoms with E-state index in [2.05, 4.69) is 0 Å². The fraction of sp³-hybridized carbons (Fsp3) is 0.500. The molecule has 0 radical (unpaired) electrons. The molecule has 1 aliphatic carbocycles. The molecule has 2 saturated heterocycles. The van der Waals surface area contributed by atoms with E-state index >= 15 is 0 Å². The van der Waals surface area contributed by atoms with Crippen molar-refractivity contribution in [1.29, 1.82) is 0 Å². The molecule has 2 atom stereocenters. The predicted octanol–water partition coefficient (Wildman–Crippen LogP) is 4.27. The van der Waals surface area contributed by atoms with Gasteiger partial charge in [0.2, 0.25) is 5.91 Å². The first kappa shape index (κ1) is 14.3. The van der Waals surface area contributed by atoms with Gasteiger partial charge in [-0.1, -0.05) is 28.8 Å². The Morgan fingerprint density at radius 2 is 1.86 bits per heavy atom. The summed E-state index contributed by atoms with van der Waals surface area (Å²) < 4.78 is 13.9. The van der Waals surface area contributed by atoms with Crippen molar-refractivity contribution in [3.63, 3.8) is 0 Å². The Bertz CT molecular complexity index is 627. The minimum Gasteiger partial charge on any atom is -0.336 e. The van der Waals surface area contributed by atoms with E-state index in [-0.39, 0.29) is 18.1 Å². The van der Waals surface area contributed by atoms with Crippen LogP contribution in [0.4, 0.5) is 4.39 Å². The molecule has 2 unspecified atom stereocenters. The first-order chi connectivity index (χ1) is 10.6. The Morgan fingerprint density at radius 3 is 2.45 bits per heavy atom. The fourth-order valence-corrected chi connectivity index (χ4v) is 4.30. The van der Waals surface area contributed by atoms with E-state index in [1.807, 2.05) is 4.90 Å². The van der Waals surface area contributed by atoms with Crippen LogP contribution in [0.2, 0.25) is 5.02 Å². The molecule has 3 aliphatic rings. The lowest BCUT2D eigenvalue weighted by Crippen LogP contribution is -2.45. The van der Waals surface area contributed by atoms with E-state index in [0.717, 1.165) is 25.7 Å². The number of piperidine rings is 1. The van der Waals surface area contributed by atoms with Gasteiger partial charge in [-0.3, -0.25) is 4.79 Å². The molecule has 4 rings (SSSR count). The molecular formula is C18H19ClFNO. The van der Waals surface area contributed by atoms with E-state index in [0.29, 0.717) is 22.7 Å². The van der Waals surface area contributed by atoms with Crippen LogP contribution in [-0.4, -0.2) is 22.9 Å². The highest BCUT2D eigenvalue weighted by molar-refractivity contribution is 6.31. The molecule has 3 fully saturated rings. The number of amides is 1. The van der Waals surface area contributed by atoms with Gasteiger partial charge >= 0.3 is 0 Å². The molecule has 0 aromatic heterocycles. The third kappa shape index (κ3) is 2.45. The summed E-state index contributed by atoms with van der Waals surface area (Å²) in [6.45, 7) is 0. The summed E-state index contributed by atoms with van der Waals surface area (Å²) >= 11 is 6.06. The molecule has 0 N–H and O–H groups in total. The average Bonchev–Trinajstić information content (AvgIpc) is 3.29. The van der Waals surface area contributed by atoms with Crippen molar-refractivity contribution >= 4 is 17.5 Å². The number of carbonyl (C=O) groups is 1. The molecule has 0 spiro atoms. The number of hydrogen-bond acceptors (Lipinski definition) is 1. The van der Waals surface area contributed by atoms with Crippen molar-refractivity contribution in [2.75, 3.05) is 0 Å². The standard InChI is InChI=1S/C18H19ClFNO/c19-16-2-1-3-17(20)15(16)10-18(22)21-13-6-7-14(21)9-12(8-13)11-4-5-11/h1-3,13-14H,4-10H2. The second-order valence-corrected chi connectivity index (χ2v) is 7.09. The number of hydrogen-bond donors (Lipinski definition) is 0. The zero-order valence-electron chi connectivity index (χ0n) is 12.4. The first-order valence-corrected chi connectivity index (χ1v) is 8.45. The molecule has 2 aliphatic heterocycles. The number of benzene rings is 1. The molecule has 116 valence electrons. The second-order valence-electron chi connectivity index (χ2n) is 6.68. The average molecular weight is 320 g/mol. The normalized spacial score (nSPS) is 26.5. The Balaban J connectivity index is 1.53. The maximum absolute atomic E-state index is 13.9. The number of allylic oxidation sites excluding steroid dienone is 1. The van der Waals surface area contributed by atoms with Crippen molar-refractivity contribution in [3.05, 3.63) is 45.7 Å². The highest BCUT2D eigenvalue weighted by Crippen LogP contribution is 2.44. The van der Waals surface area contributed by atoms with Crippen LogP contribution in [0.3, 0.4) is 0 Å². The third-order valence-electron chi connectivity index (χ3n) is 5.26. The summed E-state index contributed by atoms with van der Waals surface area (Å²) in [5.74, 6) is -0.356. The van der Waals surface area contributed by atoms with Gasteiger partial charge in [-0.15, -0.1) is 0 Å². The van der Waals surface area contributed by atoms with Gasteiger partial charge in [-0.25, -0.2) is 4.39 Å². The zero-order valence-corrected chi connectivity index (χ0v) is 13.2. The maximum atomic E-state index is 13.9. The molecule has 2 nitrogen and oxygen atoms in total. The van der Waals surface area contributed by atoms with Crippen LogP contribution in [-0.2, 0) is 11.2 Å². The molecule has 1 aromatic carbocycles. The second kappa shape index (κ2) is 5.38. The van der Waals surface area contributed by atoms with Crippen molar-refractivity contribution in [1.82, 2.24) is 4.90 Å². The maximum Gasteiger partial charge on any atom is 0.227 e. The van der Waals surface area contributed by atoms with Crippen LogP contribution in [0.5, 0.6) is 0 Å². The Labute approximate surface area is 134 Å². The van der Waals surface area contributed by atoms with Gasteiger partial charge in [0.25, 0.3) is 0 Å². The molecular weight excluding hydrogens is 301 g/mol.